The van der Waals surface area contributed by atoms with Crippen LogP contribution in [0.25, 0.3) is 0 Å². The van der Waals surface area contributed by atoms with Crippen LogP contribution in [0.3, 0.4) is 0 Å². The van der Waals surface area contributed by atoms with Crippen LogP contribution >= 0.6 is 0 Å². The standard InChI is InChI=1S/C7H10O2/c1-7-3-2-5(4-7)9-6(7)8/h5H,2-4H2,1H3. The van der Waals surface area contributed by atoms with Crippen molar-refractivity contribution in [2.45, 2.75) is 32.3 Å². The highest BCUT2D eigenvalue weighted by atomic mass is 16.6. The van der Waals surface area contributed by atoms with E-state index < -0.39 is 0 Å². The van der Waals surface area contributed by atoms with Crippen molar-refractivity contribution in [2.24, 2.45) is 5.41 Å². The smallest absolute Gasteiger partial charge is 0.312 e. The fourth-order valence-electron chi connectivity index (χ4n) is 1.77. The molecule has 2 rings (SSSR count). The molecule has 1 aliphatic carbocycles. The number of hydrogen-bond acceptors (Lipinski definition) is 2. The molecule has 0 N–H and O–H groups in total. The molecule has 9 heavy (non-hydrogen) atoms. The number of esters is 1. The van der Waals surface area contributed by atoms with E-state index in [1.165, 1.54) is 0 Å². The van der Waals surface area contributed by atoms with Gasteiger partial charge in [0.1, 0.15) is 6.10 Å². The van der Waals surface area contributed by atoms with E-state index in [1.807, 2.05) is 6.92 Å². The number of rotatable bonds is 0. The van der Waals surface area contributed by atoms with Crippen LogP contribution in [0.5, 0.6) is 0 Å². The Hall–Kier alpha value is -0.530. The average molecular weight is 126 g/mol. The molecule has 0 aromatic rings. The first kappa shape index (κ1) is 5.27. The van der Waals surface area contributed by atoms with E-state index in [2.05, 4.69) is 0 Å². The third-order valence-corrected chi connectivity index (χ3v) is 2.46. The lowest BCUT2D eigenvalue weighted by molar-refractivity contribution is -0.152. The maximum atomic E-state index is 10.9. The Morgan fingerprint density at radius 3 is 2.78 bits per heavy atom. The first-order valence-corrected chi connectivity index (χ1v) is 3.42. The van der Waals surface area contributed by atoms with Gasteiger partial charge in [0.25, 0.3) is 0 Å². The number of ether oxygens (including phenoxy) is 1. The second-order valence-electron chi connectivity index (χ2n) is 3.33. The highest BCUT2D eigenvalue weighted by Gasteiger charge is 2.50. The van der Waals surface area contributed by atoms with Gasteiger partial charge in [-0.3, -0.25) is 4.79 Å². The molecule has 0 aromatic heterocycles. The van der Waals surface area contributed by atoms with Crippen molar-refractivity contribution in [1.29, 1.82) is 0 Å². The van der Waals surface area contributed by atoms with Crippen LogP contribution < -0.4 is 0 Å². The zero-order valence-electron chi connectivity index (χ0n) is 5.52. The quantitative estimate of drug-likeness (QED) is 0.454. The Kier molecular flexibility index (Phi) is 0.765. The topological polar surface area (TPSA) is 26.3 Å². The molecule has 2 fully saturated rings. The van der Waals surface area contributed by atoms with Crippen molar-refractivity contribution in [3.63, 3.8) is 0 Å². The summed E-state index contributed by atoms with van der Waals surface area (Å²) in [7, 11) is 0. The molecule has 1 aliphatic heterocycles. The van der Waals surface area contributed by atoms with E-state index >= 15 is 0 Å². The molecular formula is C7H10O2. The first-order valence-electron chi connectivity index (χ1n) is 3.42. The van der Waals surface area contributed by atoms with Gasteiger partial charge >= 0.3 is 5.97 Å². The summed E-state index contributed by atoms with van der Waals surface area (Å²) in [6.07, 6.45) is 3.35. The number of carbonyl (C=O) groups is 1. The second kappa shape index (κ2) is 1.31. The van der Waals surface area contributed by atoms with Crippen LogP contribution in [-0.4, -0.2) is 12.1 Å². The molecule has 2 unspecified atom stereocenters. The van der Waals surface area contributed by atoms with Crippen LogP contribution in [0.15, 0.2) is 0 Å². The lowest BCUT2D eigenvalue weighted by atomic mass is 9.90. The Morgan fingerprint density at radius 1 is 1.78 bits per heavy atom. The van der Waals surface area contributed by atoms with Gasteiger partial charge in [-0.1, -0.05) is 0 Å². The van der Waals surface area contributed by atoms with Crippen molar-refractivity contribution in [3.8, 4) is 0 Å². The summed E-state index contributed by atoms with van der Waals surface area (Å²) in [5.74, 6) is 0.0266. The van der Waals surface area contributed by atoms with Crippen LogP contribution in [0, 0.1) is 5.41 Å². The van der Waals surface area contributed by atoms with Gasteiger partial charge in [-0.25, -0.2) is 0 Å². The van der Waals surface area contributed by atoms with Crippen LogP contribution in [-0.2, 0) is 9.53 Å². The zero-order valence-corrected chi connectivity index (χ0v) is 5.52. The minimum atomic E-state index is -0.0926. The minimum Gasteiger partial charge on any atom is -0.462 e. The predicted molar refractivity (Wildman–Crippen MR) is 31.8 cm³/mol. The second-order valence-corrected chi connectivity index (χ2v) is 3.33. The van der Waals surface area contributed by atoms with Crippen LogP contribution in [0.4, 0.5) is 0 Å². The van der Waals surface area contributed by atoms with Crippen LogP contribution in [0.1, 0.15) is 26.2 Å². The van der Waals surface area contributed by atoms with Crippen molar-refractivity contribution in [3.05, 3.63) is 0 Å². The van der Waals surface area contributed by atoms with E-state index in [0.29, 0.717) is 0 Å². The van der Waals surface area contributed by atoms with E-state index in [9.17, 15) is 4.79 Å². The van der Waals surface area contributed by atoms with E-state index in [-0.39, 0.29) is 17.5 Å². The van der Waals surface area contributed by atoms with Crippen molar-refractivity contribution < 1.29 is 9.53 Å². The molecule has 1 heterocycles. The molecule has 2 nitrogen and oxygen atoms in total. The summed E-state index contributed by atoms with van der Waals surface area (Å²) >= 11 is 0. The molecule has 0 spiro atoms. The summed E-state index contributed by atoms with van der Waals surface area (Å²) in [6, 6.07) is 0. The van der Waals surface area contributed by atoms with E-state index in [1.54, 1.807) is 0 Å². The molecule has 2 aliphatic rings. The normalized spacial score (nSPS) is 47.7. The number of carbonyl (C=O) groups excluding carboxylic acids is 1. The first-order chi connectivity index (χ1) is 4.21. The lowest BCUT2D eigenvalue weighted by Gasteiger charge is -2.16. The van der Waals surface area contributed by atoms with Crippen molar-refractivity contribution in [1.82, 2.24) is 0 Å². The maximum absolute atomic E-state index is 10.9. The molecule has 2 atom stereocenters. The minimum absolute atomic E-state index is 0.0266. The molecule has 0 radical (unpaired) electrons. The summed E-state index contributed by atoms with van der Waals surface area (Å²) < 4.78 is 5.02. The Labute approximate surface area is 54.2 Å². The van der Waals surface area contributed by atoms with Crippen molar-refractivity contribution in [2.75, 3.05) is 0 Å². The SMILES string of the molecule is CC12CCC(C1)OC2=O. The molecule has 0 amide bonds. The molecule has 0 aromatic carbocycles. The van der Waals surface area contributed by atoms with E-state index in [0.717, 1.165) is 19.3 Å². The van der Waals surface area contributed by atoms with Gasteiger partial charge in [-0.05, 0) is 19.8 Å². The Morgan fingerprint density at radius 2 is 2.56 bits per heavy atom. The molecule has 50 valence electrons. The Bertz CT molecular complexity index is 164. The van der Waals surface area contributed by atoms with Gasteiger partial charge < -0.3 is 4.74 Å². The van der Waals surface area contributed by atoms with Gasteiger partial charge in [0.05, 0.1) is 5.41 Å². The third kappa shape index (κ3) is 0.533. The summed E-state index contributed by atoms with van der Waals surface area (Å²) in [6.45, 7) is 2.00. The summed E-state index contributed by atoms with van der Waals surface area (Å²) in [5.41, 5.74) is -0.0926. The summed E-state index contributed by atoms with van der Waals surface area (Å²) in [4.78, 5) is 10.9. The highest BCUT2D eigenvalue weighted by Crippen LogP contribution is 2.46. The predicted octanol–water partition coefficient (Wildman–Crippen LogP) is 1.10. The summed E-state index contributed by atoms with van der Waals surface area (Å²) in [5, 5.41) is 0. The van der Waals surface area contributed by atoms with Crippen molar-refractivity contribution >= 4 is 5.97 Å². The lowest BCUT2D eigenvalue weighted by Crippen LogP contribution is -2.22. The van der Waals surface area contributed by atoms with Gasteiger partial charge in [-0.2, -0.15) is 0 Å². The molecular weight excluding hydrogens is 116 g/mol. The highest BCUT2D eigenvalue weighted by molar-refractivity contribution is 5.79. The zero-order chi connectivity index (χ0) is 6.48. The molecule has 2 bridgehead atoms. The Balaban J connectivity index is 2.32. The monoisotopic (exact) mass is 126 g/mol. The van der Waals surface area contributed by atoms with Gasteiger partial charge in [0.15, 0.2) is 0 Å². The van der Waals surface area contributed by atoms with Crippen LogP contribution in [0.2, 0.25) is 0 Å². The fourth-order valence-corrected chi connectivity index (χ4v) is 1.77. The number of fused-ring (bicyclic) bond motifs is 2. The molecule has 1 saturated heterocycles. The molecule has 1 saturated carbocycles. The third-order valence-electron chi connectivity index (χ3n) is 2.46. The average Bonchev–Trinajstić information content (AvgIpc) is 2.22. The van der Waals surface area contributed by atoms with Gasteiger partial charge in [-0.15, -0.1) is 0 Å². The molecule has 2 heteroatoms. The number of hydrogen-bond donors (Lipinski definition) is 0. The van der Waals surface area contributed by atoms with E-state index in [4.69, 9.17) is 4.74 Å². The largest absolute Gasteiger partial charge is 0.462 e. The maximum Gasteiger partial charge on any atom is 0.312 e. The van der Waals surface area contributed by atoms with Gasteiger partial charge in [0, 0.05) is 6.42 Å². The fraction of sp³-hybridized carbons (Fsp3) is 0.857. The van der Waals surface area contributed by atoms with Gasteiger partial charge in [0.2, 0.25) is 0 Å².